The van der Waals surface area contributed by atoms with Gasteiger partial charge in [-0.1, -0.05) is 13.8 Å². The lowest BCUT2D eigenvalue weighted by Gasteiger charge is -2.12. The molecular formula is C6H13NO2. The zero-order valence-electron chi connectivity index (χ0n) is 5.79. The first-order chi connectivity index (χ1) is 4.09. The van der Waals surface area contributed by atoms with E-state index in [9.17, 15) is 4.79 Å². The highest BCUT2D eigenvalue weighted by Gasteiger charge is 2.18. The number of rotatable bonds is 3. The second-order valence-electron chi connectivity index (χ2n) is 2.42. The van der Waals surface area contributed by atoms with Gasteiger partial charge in [-0.05, 0) is 5.92 Å². The van der Waals surface area contributed by atoms with Crippen molar-refractivity contribution in [2.45, 2.75) is 13.8 Å². The summed E-state index contributed by atoms with van der Waals surface area (Å²) in [5, 5.41) is 8.46. The maximum atomic E-state index is 10.3. The lowest BCUT2D eigenvalue weighted by Crippen LogP contribution is -2.27. The van der Waals surface area contributed by atoms with E-state index in [2.05, 4.69) is 0 Å². The molecule has 54 valence electrons. The number of carbonyl (C=O) groups is 1. The molecule has 9 heavy (non-hydrogen) atoms. The van der Waals surface area contributed by atoms with Crippen LogP contribution in [0.3, 0.4) is 0 Å². The highest BCUT2D eigenvalue weighted by molar-refractivity contribution is 5.70. The molecule has 0 aromatic heterocycles. The summed E-state index contributed by atoms with van der Waals surface area (Å²) in [6.45, 7) is 3.93. The third-order valence-corrected chi connectivity index (χ3v) is 1.38. The minimum absolute atomic E-state index is 0.132. The number of nitrogens with two attached hydrogens (primary N) is 1. The summed E-state index contributed by atoms with van der Waals surface area (Å²) in [6.07, 6.45) is 0. The maximum Gasteiger partial charge on any atom is 0.308 e. The van der Waals surface area contributed by atoms with Gasteiger partial charge in [0.05, 0.1) is 5.92 Å². The van der Waals surface area contributed by atoms with Crippen LogP contribution in [-0.4, -0.2) is 17.6 Å². The first kappa shape index (κ1) is 8.43. The minimum atomic E-state index is -0.799. The van der Waals surface area contributed by atoms with E-state index in [1.54, 1.807) is 0 Å². The molecule has 0 aromatic carbocycles. The molecule has 0 amide bonds. The number of hydrogen-bond acceptors (Lipinski definition) is 2. The molecule has 0 heterocycles. The first-order valence-corrected chi connectivity index (χ1v) is 3.02. The summed E-state index contributed by atoms with van der Waals surface area (Å²) in [5.41, 5.74) is 5.19. The van der Waals surface area contributed by atoms with E-state index in [0.717, 1.165) is 0 Å². The molecule has 0 saturated carbocycles. The molecule has 0 rings (SSSR count). The second-order valence-corrected chi connectivity index (χ2v) is 2.42. The highest BCUT2D eigenvalue weighted by atomic mass is 16.4. The molecule has 0 spiro atoms. The number of carboxylic acids is 1. The van der Waals surface area contributed by atoms with Gasteiger partial charge in [-0.2, -0.15) is 0 Å². The lowest BCUT2D eigenvalue weighted by molar-refractivity contribution is -0.142. The largest absolute Gasteiger partial charge is 0.481 e. The molecule has 3 nitrogen and oxygen atoms in total. The van der Waals surface area contributed by atoms with E-state index < -0.39 is 5.97 Å². The Bertz CT molecular complexity index is 101. The Morgan fingerprint density at radius 3 is 2.11 bits per heavy atom. The Kier molecular flexibility index (Phi) is 3.24. The molecule has 0 bridgehead atoms. The van der Waals surface area contributed by atoms with Crippen molar-refractivity contribution in [2.75, 3.05) is 6.54 Å². The molecule has 0 aliphatic carbocycles. The molecule has 0 fully saturated rings. The SMILES string of the molecule is CC(C)C(CN)C(=O)O. The summed E-state index contributed by atoms with van der Waals surface area (Å²) >= 11 is 0. The molecule has 0 aromatic rings. The van der Waals surface area contributed by atoms with Gasteiger partial charge in [-0.25, -0.2) is 0 Å². The minimum Gasteiger partial charge on any atom is -0.481 e. The number of hydrogen-bond donors (Lipinski definition) is 2. The molecule has 1 atom stereocenters. The summed E-state index contributed by atoms with van der Waals surface area (Å²) in [5.74, 6) is -1.05. The predicted molar refractivity (Wildman–Crippen MR) is 35.0 cm³/mol. The molecule has 0 saturated heterocycles. The summed E-state index contributed by atoms with van der Waals surface area (Å²) in [6, 6.07) is 0. The van der Waals surface area contributed by atoms with E-state index in [1.807, 2.05) is 13.8 Å². The molecule has 1 unspecified atom stereocenters. The van der Waals surface area contributed by atoms with Gasteiger partial charge in [0.25, 0.3) is 0 Å². The van der Waals surface area contributed by atoms with Gasteiger partial charge in [0.1, 0.15) is 0 Å². The van der Waals surface area contributed by atoms with Crippen molar-refractivity contribution in [1.82, 2.24) is 0 Å². The monoisotopic (exact) mass is 131 g/mol. The summed E-state index contributed by atoms with van der Waals surface area (Å²) in [4.78, 5) is 10.3. The van der Waals surface area contributed by atoms with Crippen molar-refractivity contribution in [3.8, 4) is 0 Å². The van der Waals surface area contributed by atoms with Crippen molar-refractivity contribution >= 4 is 5.97 Å². The van der Waals surface area contributed by atoms with Crippen LogP contribution in [0.2, 0.25) is 0 Å². The molecular weight excluding hydrogens is 118 g/mol. The fourth-order valence-corrected chi connectivity index (χ4v) is 0.658. The normalized spacial score (nSPS) is 13.8. The zero-order chi connectivity index (χ0) is 7.44. The van der Waals surface area contributed by atoms with Gasteiger partial charge in [-0.3, -0.25) is 4.79 Å². The number of carboxylic acid groups (broad SMARTS) is 1. The van der Waals surface area contributed by atoms with Crippen molar-refractivity contribution in [3.63, 3.8) is 0 Å². The Morgan fingerprint density at radius 2 is 2.11 bits per heavy atom. The zero-order valence-corrected chi connectivity index (χ0v) is 5.79. The second kappa shape index (κ2) is 3.45. The standard InChI is InChI=1S/C6H13NO2/c1-4(2)5(3-7)6(8)9/h4-5H,3,7H2,1-2H3,(H,8,9). The van der Waals surface area contributed by atoms with Crippen LogP contribution in [0.25, 0.3) is 0 Å². The van der Waals surface area contributed by atoms with Crippen LogP contribution in [0.15, 0.2) is 0 Å². The van der Waals surface area contributed by atoms with Crippen LogP contribution in [0, 0.1) is 11.8 Å². The number of aliphatic carboxylic acids is 1. The van der Waals surface area contributed by atoms with Gasteiger partial charge in [0.15, 0.2) is 0 Å². The smallest absolute Gasteiger partial charge is 0.308 e. The lowest BCUT2D eigenvalue weighted by atomic mass is 9.97. The Hall–Kier alpha value is -0.570. The fourth-order valence-electron chi connectivity index (χ4n) is 0.658. The molecule has 0 aliphatic heterocycles. The molecule has 3 N–H and O–H groups in total. The van der Waals surface area contributed by atoms with Crippen molar-refractivity contribution in [3.05, 3.63) is 0 Å². The molecule has 0 radical (unpaired) electrons. The molecule has 0 aliphatic rings. The average molecular weight is 131 g/mol. The third-order valence-electron chi connectivity index (χ3n) is 1.38. The first-order valence-electron chi connectivity index (χ1n) is 3.02. The van der Waals surface area contributed by atoms with Gasteiger partial charge in [0, 0.05) is 6.54 Å². The van der Waals surface area contributed by atoms with Gasteiger partial charge in [0.2, 0.25) is 0 Å². The fraction of sp³-hybridized carbons (Fsp3) is 0.833. The third kappa shape index (κ3) is 2.46. The maximum absolute atomic E-state index is 10.3. The predicted octanol–water partition coefficient (Wildman–Crippen LogP) is 0.302. The van der Waals surface area contributed by atoms with Crippen LogP contribution in [0.5, 0.6) is 0 Å². The van der Waals surface area contributed by atoms with Gasteiger partial charge >= 0.3 is 5.97 Å². The van der Waals surface area contributed by atoms with Gasteiger partial charge < -0.3 is 10.8 Å². The van der Waals surface area contributed by atoms with E-state index in [-0.39, 0.29) is 18.4 Å². The highest BCUT2D eigenvalue weighted by Crippen LogP contribution is 2.07. The van der Waals surface area contributed by atoms with E-state index in [1.165, 1.54) is 0 Å². The van der Waals surface area contributed by atoms with Crippen molar-refractivity contribution < 1.29 is 9.90 Å². The van der Waals surface area contributed by atoms with Crippen LogP contribution in [0.4, 0.5) is 0 Å². The van der Waals surface area contributed by atoms with Crippen LogP contribution < -0.4 is 5.73 Å². The summed E-state index contributed by atoms with van der Waals surface area (Å²) < 4.78 is 0. The summed E-state index contributed by atoms with van der Waals surface area (Å²) in [7, 11) is 0. The quantitative estimate of drug-likeness (QED) is 0.579. The Morgan fingerprint density at radius 1 is 1.67 bits per heavy atom. The molecule has 3 heteroatoms. The van der Waals surface area contributed by atoms with Crippen LogP contribution in [-0.2, 0) is 4.79 Å². The van der Waals surface area contributed by atoms with E-state index in [0.29, 0.717) is 0 Å². The van der Waals surface area contributed by atoms with Crippen molar-refractivity contribution in [1.29, 1.82) is 0 Å². The Balaban J connectivity index is 3.83. The van der Waals surface area contributed by atoms with Crippen molar-refractivity contribution in [2.24, 2.45) is 17.6 Å². The van der Waals surface area contributed by atoms with Crippen LogP contribution >= 0.6 is 0 Å². The Labute approximate surface area is 54.9 Å². The topological polar surface area (TPSA) is 63.3 Å². The average Bonchev–Trinajstić information content (AvgIpc) is 1.64. The van der Waals surface area contributed by atoms with E-state index in [4.69, 9.17) is 10.8 Å². The van der Waals surface area contributed by atoms with Crippen LogP contribution in [0.1, 0.15) is 13.8 Å². The van der Waals surface area contributed by atoms with E-state index >= 15 is 0 Å². The van der Waals surface area contributed by atoms with Gasteiger partial charge in [-0.15, -0.1) is 0 Å².